The number of halogens is 4. The van der Waals surface area contributed by atoms with Crippen molar-refractivity contribution < 1.29 is 22.7 Å². The van der Waals surface area contributed by atoms with Crippen LogP contribution in [0.25, 0.3) is 0 Å². The van der Waals surface area contributed by atoms with E-state index in [0.717, 1.165) is 0 Å². The molecule has 0 aromatic carbocycles. The van der Waals surface area contributed by atoms with E-state index in [9.17, 15) is 18.0 Å². The monoisotopic (exact) mass is 260 g/mol. The SMILES string of the molecule is O=C[C@@H](Br)C1CC(OC(F)(F)F)C1. The first kappa shape index (κ1) is 11.0. The van der Waals surface area contributed by atoms with Crippen LogP contribution < -0.4 is 0 Å². The number of alkyl halides is 4. The summed E-state index contributed by atoms with van der Waals surface area (Å²) in [6.07, 6.45) is -4.07. The van der Waals surface area contributed by atoms with E-state index < -0.39 is 12.5 Å². The van der Waals surface area contributed by atoms with E-state index in [4.69, 9.17) is 0 Å². The highest BCUT2D eigenvalue weighted by Crippen LogP contribution is 2.38. The second-order valence-electron chi connectivity index (χ2n) is 3.00. The van der Waals surface area contributed by atoms with Gasteiger partial charge in [-0.3, -0.25) is 4.74 Å². The summed E-state index contributed by atoms with van der Waals surface area (Å²) in [5.74, 6) is -0.0233. The van der Waals surface area contributed by atoms with Gasteiger partial charge in [-0.2, -0.15) is 0 Å². The summed E-state index contributed by atoms with van der Waals surface area (Å²) < 4.78 is 38.7. The maximum absolute atomic E-state index is 11.6. The molecule has 0 radical (unpaired) electrons. The molecule has 6 heteroatoms. The Labute approximate surface area is 81.6 Å². The Hall–Kier alpha value is -0.100. The minimum absolute atomic E-state index is 0.0233. The molecule has 1 fully saturated rings. The van der Waals surface area contributed by atoms with E-state index in [0.29, 0.717) is 6.29 Å². The van der Waals surface area contributed by atoms with Crippen molar-refractivity contribution in [3.63, 3.8) is 0 Å². The lowest BCUT2D eigenvalue weighted by Gasteiger charge is -2.36. The minimum Gasteiger partial charge on any atom is -0.302 e. The van der Waals surface area contributed by atoms with Crippen LogP contribution in [-0.2, 0) is 9.53 Å². The van der Waals surface area contributed by atoms with Crippen LogP contribution in [0, 0.1) is 5.92 Å². The van der Waals surface area contributed by atoms with Gasteiger partial charge in [-0.05, 0) is 18.8 Å². The van der Waals surface area contributed by atoms with Crippen molar-refractivity contribution in [3.05, 3.63) is 0 Å². The third-order valence-electron chi connectivity index (χ3n) is 2.01. The van der Waals surface area contributed by atoms with Crippen molar-refractivity contribution in [3.8, 4) is 0 Å². The van der Waals surface area contributed by atoms with Gasteiger partial charge in [0.2, 0.25) is 0 Å². The number of ether oxygens (including phenoxy) is 1. The molecule has 1 saturated carbocycles. The molecule has 1 atom stereocenters. The molecule has 0 saturated heterocycles. The van der Waals surface area contributed by atoms with Crippen LogP contribution in [-0.4, -0.2) is 23.6 Å². The molecule has 13 heavy (non-hydrogen) atoms. The molecular weight excluding hydrogens is 253 g/mol. The fourth-order valence-electron chi connectivity index (χ4n) is 1.26. The van der Waals surface area contributed by atoms with Gasteiger partial charge >= 0.3 is 6.36 Å². The topological polar surface area (TPSA) is 26.3 Å². The number of rotatable bonds is 3. The zero-order chi connectivity index (χ0) is 10.1. The Bertz CT molecular complexity index is 189. The summed E-state index contributed by atoms with van der Waals surface area (Å²) >= 11 is 3.06. The molecule has 0 N–H and O–H groups in total. The summed E-state index contributed by atoms with van der Waals surface area (Å²) in [5, 5.41) is 0. The summed E-state index contributed by atoms with van der Waals surface area (Å²) in [6.45, 7) is 0. The molecule has 76 valence electrons. The Balaban J connectivity index is 2.22. The summed E-state index contributed by atoms with van der Waals surface area (Å²) in [6, 6.07) is 0. The standard InChI is InChI=1S/C7H8BrF3O2/c8-6(3-12)4-1-5(2-4)13-7(9,10)11/h3-6H,1-2H2/t4?,5?,6-/m1/s1. The van der Waals surface area contributed by atoms with Crippen molar-refractivity contribution in [2.24, 2.45) is 5.92 Å². The van der Waals surface area contributed by atoms with Gasteiger partial charge in [0.25, 0.3) is 0 Å². The van der Waals surface area contributed by atoms with Crippen molar-refractivity contribution in [1.29, 1.82) is 0 Å². The second kappa shape index (κ2) is 3.96. The molecule has 1 aliphatic rings. The van der Waals surface area contributed by atoms with Crippen molar-refractivity contribution in [2.45, 2.75) is 30.1 Å². The van der Waals surface area contributed by atoms with E-state index in [1.807, 2.05) is 0 Å². The molecule has 0 bridgehead atoms. The van der Waals surface area contributed by atoms with E-state index in [-0.39, 0.29) is 23.6 Å². The quantitative estimate of drug-likeness (QED) is 0.575. The lowest BCUT2D eigenvalue weighted by Crippen LogP contribution is -2.40. The molecule has 2 nitrogen and oxygen atoms in total. The Kier molecular flexibility index (Phi) is 3.34. The fraction of sp³-hybridized carbons (Fsp3) is 0.857. The maximum atomic E-state index is 11.6. The molecule has 0 amide bonds. The van der Waals surface area contributed by atoms with Crippen LogP contribution in [0.5, 0.6) is 0 Å². The lowest BCUT2D eigenvalue weighted by molar-refractivity contribution is -0.353. The third-order valence-corrected chi connectivity index (χ3v) is 2.98. The molecule has 0 aromatic rings. The summed E-state index contributed by atoms with van der Waals surface area (Å²) in [4.78, 5) is 9.87. The van der Waals surface area contributed by atoms with Gasteiger partial charge in [0.1, 0.15) is 6.29 Å². The van der Waals surface area contributed by atoms with Gasteiger partial charge in [-0.15, -0.1) is 13.2 Å². The molecule has 0 unspecified atom stereocenters. The second-order valence-corrected chi connectivity index (χ2v) is 4.05. The van der Waals surface area contributed by atoms with Crippen molar-refractivity contribution in [1.82, 2.24) is 0 Å². The van der Waals surface area contributed by atoms with Gasteiger partial charge in [-0.25, -0.2) is 0 Å². The largest absolute Gasteiger partial charge is 0.522 e. The Morgan fingerprint density at radius 2 is 2.00 bits per heavy atom. The lowest BCUT2D eigenvalue weighted by atomic mass is 9.80. The average molecular weight is 261 g/mol. The normalized spacial score (nSPS) is 30.8. The maximum Gasteiger partial charge on any atom is 0.522 e. The molecular formula is C7H8BrF3O2. The Morgan fingerprint density at radius 3 is 2.38 bits per heavy atom. The number of carbonyl (C=O) groups is 1. The van der Waals surface area contributed by atoms with Crippen LogP contribution in [0.15, 0.2) is 0 Å². The van der Waals surface area contributed by atoms with E-state index in [1.165, 1.54) is 0 Å². The molecule has 0 heterocycles. The fourth-order valence-corrected chi connectivity index (χ4v) is 1.69. The molecule has 0 aromatic heterocycles. The van der Waals surface area contributed by atoms with Gasteiger partial charge in [-0.1, -0.05) is 15.9 Å². The van der Waals surface area contributed by atoms with Gasteiger partial charge in [0, 0.05) is 0 Å². The summed E-state index contributed by atoms with van der Waals surface area (Å²) in [5.41, 5.74) is 0. The first-order chi connectivity index (χ1) is 5.92. The van der Waals surface area contributed by atoms with Crippen LogP contribution in [0.3, 0.4) is 0 Å². The summed E-state index contributed by atoms with van der Waals surface area (Å²) in [7, 11) is 0. The highest BCUT2D eigenvalue weighted by Gasteiger charge is 2.42. The zero-order valence-electron chi connectivity index (χ0n) is 6.55. The van der Waals surface area contributed by atoms with Crippen molar-refractivity contribution in [2.75, 3.05) is 0 Å². The smallest absolute Gasteiger partial charge is 0.302 e. The molecule has 0 aliphatic heterocycles. The van der Waals surface area contributed by atoms with E-state index >= 15 is 0 Å². The first-order valence-electron chi connectivity index (χ1n) is 3.76. The van der Waals surface area contributed by atoms with Crippen molar-refractivity contribution >= 4 is 22.2 Å². The molecule has 0 spiro atoms. The average Bonchev–Trinajstić information content (AvgIpc) is 1.92. The van der Waals surface area contributed by atoms with Gasteiger partial charge in [0.05, 0.1) is 10.9 Å². The predicted molar refractivity (Wildman–Crippen MR) is 42.4 cm³/mol. The highest BCUT2D eigenvalue weighted by molar-refractivity contribution is 9.10. The van der Waals surface area contributed by atoms with E-state index in [2.05, 4.69) is 20.7 Å². The van der Waals surface area contributed by atoms with Gasteiger partial charge < -0.3 is 4.79 Å². The minimum atomic E-state index is -4.56. The number of hydrogen-bond acceptors (Lipinski definition) is 2. The van der Waals surface area contributed by atoms with Crippen LogP contribution in [0.4, 0.5) is 13.2 Å². The Morgan fingerprint density at radius 1 is 1.46 bits per heavy atom. The molecule has 1 aliphatic carbocycles. The van der Waals surface area contributed by atoms with Gasteiger partial charge in [0.15, 0.2) is 0 Å². The van der Waals surface area contributed by atoms with Crippen LogP contribution >= 0.6 is 15.9 Å². The highest BCUT2D eigenvalue weighted by atomic mass is 79.9. The number of carbonyl (C=O) groups excluding carboxylic acids is 1. The number of aldehydes is 1. The third kappa shape index (κ3) is 3.27. The zero-order valence-corrected chi connectivity index (χ0v) is 8.14. The number of hydrogen-bond donors (Lipinski definition) is 0. The first-order valence-corrected chi connectivity index (χ1v) is 4.68. The predicted octanol–water partition coefficient (Wildman–Crippen LogP) is 2.26. The van der Waals surface area contributed by atoms with E-state index in [1.54, 1.807) is 0 Å². The van der Waals surface area contributed by atoms with Crippen LogP contribution in [0.2, 0.25) is 0 Å². The molecule has 1 rings (SSSR count). The van der Waals surface area contributed by atoms with Crippen LogP contribution in [0.1, 0.15) is 12.8 Å².